The van der Waals surface area contributed by atoms with Gasteiger partial charge in [0.05, 0.1) is 13.2 Å². The third kappa shape index (κ3) is 5.69. The van der Waals surface area contributed by atoms with Gasteiger partial charge in [-0.25, -0.2) is 4.79 Å². The molecule has 2 atom stereocenters. The van der Waals surface area contributed by atoms with Crippen LogP contribution in [-0.2, 0) is 6.54 Å². The molecule has 2 amide bonds. The predicted molar refractivity (Wildman–Crippen MR) is 125 cm³/mol. The first-order chi connectivity index (χ1) is 16.0. The van der Waals surface area contributed by atoms with Crippen molar-refractivity contribution < 1.29 is 24.1 Å². The summed E-state index contributed by atoms with van der Waals surface area (Å²) in [5.41, 5.74) is 1.68. The Hall–Kier alpha value is -2.97. The predicted octanol–water partition coefficient (Wildman–Crippen LogP) is 2.81. The average molecular weight is 456 g/mol. The lowest BCUT2D eigenvalue weighted by Gasteiger charge is -2.35. The summed E-state index contributed by atoms with van der Waals surface area (Å²) in [5, 5.41) is 14.3. The van der Waals surface area contributed by atoms with E-state index in [-0.39, 0.29) is 6.03 Å². The highest BCUT2D eigenvalue weighted by Crippen LogP contribution is 2.34. The monoisotopic (exact) mass is 455 g/mol. The maximum Gasteiger partial charge on any atom is 0.317 e. The fourth-order valence-corrected chi connectivity index (χ4v) is 4.33. The van der Waals surface area contributed by atoms with Crippen LogP contribution < -0.4 is 19.5 Å². The molecule has 0 spiro atoms. The minimum absolute atomic E-state index is 0.230. The lowest BCUT2D eigenvalue weighted by Crippen LogP contribution is -2.50. The summed E-state index contributed by atoms with van der Waals surface area (Å²) in [6, 6.07) is 12.4. The molecule has 0 aromatic heterocycles. The van der Waals surface area contributed by atoms with Gasteiger partial charge in [0.15, 0.2) is 11.5 Å². The molecule has 4 rings (SSSR count). The number of rotatable bonds is 8. The Labute approximate surface area is 195 Å². The van der Waals surface area contributed by atoms with Gasteiger partial charge >= 0.3 is 6.03 Å². The summed E-state index contributed by atoms with van der Waals surface area (Å²) in [4.78, 5) is 17.0. The number of likely N-dealkylation sites (tertiary alicyclic amines) is 1. The second-order valence-electron chi connectivity index (χ2n) is 8.54. The number of benzene rings is 2. The quantitative estimate of drug-likeness (QED) is 0.637. The van der Waals surface area contributed by atoms with Crippen molar-refractivity contribution in [2.75, 3.05) is 47.0 Å². The third-order valence-corrected chi connectivity index (χ3v) is 6.34. The van der Waals surface area contributed by atoms with Gasteiger partial charge in [-0.2, -0.15) is 0 Å². The molecule has 2 aliphatic heterocycles. The van der Waals surface area contributed by atoms with E-state index >= 15 is 0 Å². The Kier molecular flexibility index (Phi) is 7.57. The van der Waals surface area contributed by atoms with Crippen LogP contribution in [0.1, 0.15) is 30.1 Å². The van der Waals surface area contributed by atoms with Crippen LogP contribution in [0, 0.1) is 0 Å². The Bertz CT molecular complexity index is 930. The molecule has 8 nitrogen and oxygen atoms in total. The van der Waals surface area contributed by atoms with Crippen LogP contribution in [0.2, 0.25) is 0 Å². The average Bonchev–Trinajstić information content (AvgIpc) is 3.38. The smallest absolute Gasteiger partial charge is 0.317 e. The number of likely N-dealkylation sites (N-methyl/N-ethyl adjacent to an activating group) is 1. The van der Waals surface area contributed by atoms with E-state index in [2.05, 4.69) is 10.2 Å². The Balaban J connectivity index is 1.46. The SMILES string of the molecule is COc1ccc(CNC(=O)N(C)C(CN2CCCC2)C(O)c2ccc3c(c2)OCCO3)cc1. The molecule has 2 N–H and O–H groups in total. The minimum Gasteiger partial charge on any atom is -0.497 e. The number of amides is 2. The maximum atomic E-state index is 13.0. The summed E-state index contributed by atoms with van der Waals surface area (Å²) < 4.78 is 16.5. The standard InChI is InChI=1S/C25H33N3O5/c1-27(25(30)26-16-18-5-8-20(31-2)9-6-18)21(17-28-11-3-4-12-28)24(29)19-7-10-22-23(15-19)33-14-13-32-22/h5-10,15,21,24,29H,3-4,11-14,16-17H2,1-2H3,(H,26,30). The number of carbonyl (C=O) groups excluding carboxylic acids is 1. The molecule has 2 aromatic rings. The summed E-state index contributed by atoms with van der Waals surface area (Å²) in [5.74, 6) is 2.08. The van der Waals surface area contributed by atoms with Crippen LogP contribution in [0.15, 0.2) is 42.5 Å². The molecule has 0 bridgehead atoms. The van der Waals surface area contributed by atoms with E-state index in [1.807, 2.05) is 42.5 Å². The number of carbonyl (C=O) groups is 1. The van der Waals surface area contributed by atoms with Crippen LogP contribution in [0.5, 0.6) is 17.2 Å². The Morgan fingerprint density at radius 2 is 1.82 bits per heavy atom. The van der Waals surface area contributed by atoms with Gasteiger partial charge in [0.2, 0.25) is 0 Å². The van der Waals surface area contributed by atoms with Gasteiger partial charge in [-0.3, -0.25) is 0 Å². The number of aliphatic hydroxyl groups excluding tert-OH is 1. The van der Waals surface area contributed by atoms with Crippen LogP contribution in [0.25, 0.3) is 0 Å². The molecule has 0 saturated carbocycles. The zero-order valence-corrected chi connectivity index (χ0v) is 19.3. The molecular formula is C25H33N3O5. The molecule has 2 heterocycles. The van der Waals surface area contributed by atoms with Crippen LogP contribution in [-0.4, -0.2) is 74.0 Å². The van der Waals surface area contributed by atoms with Gasteiger partial charge in [0.25, 0.3) is 0 Å². The number of aliphatic hydroxyl groups is 1. The molecule has 33 heavy (non-hydrogen) atoms. The number of methoxy groups -OCH3 is 1. The van der Waals surface area contributed by atoms with Crippen molar-refractivity contribution in [1.29, 1.82) is 0 Å². The van der Waals surface area contributed by atoms with E-state index in [0.717, 1.165) is 37.2 Å². The Morgan fingerprint density at radius 3 is 2.52 bits per heavy atom. The largest absolute Gasteiger partial charge is 0.497 e. The number of hydrogen-bond donors (Lipinski definition) is 2. The van der Waals surface area contributed by atoms with Crippen molar-refractivity contribution >= 4 is 6.03 Å². The molecule has 2 aliphatic rings. The molecule has 8 heteroatoms. The van der Waals surface area contributed by atoms with Crippen molar-refractivity contribution in [2.24, 2.45) is 0 Å². The van der Waals surface area contributed by atoms with Gasteiger partial charge in [-0.05, 0) is 61.3 Å². The molecule has 1 fully saturated rings. The van der Waals surface area contributed by atoms with Gasteiger partial charge in [0.1, 0.15) is 25.1 Å². The summed E-state index contributed by atoms with van der Waals surface area (Å²) in [6.07, 6.45) is 1.42. The molecule has 178 valence electrons. The highest BCUT2D eigenvalue weighted by molar-refractivity contribution is 5.74. The lowest BCUT2D eigenvalue weighted by atomic mass is 10.00. The van der Waals surface area contributed by atoms with Crippen molar-refractivity contribution in [2.45, 2.75) is 31.5 Å². The number of nitrogens with zero attached hydrogens (tertiary/aromatic N) is 2. The molecule has 1 saturated heterocycles. The van der Waals surface area contributed by atoms with E-state index in [1.165, 1.54) is 0 Å². The Morgan fingerprint density at radius 1 is 1.12 bits per heavy atom. The summed E-state index contributed by atoms with van der Waals surface area (Å²) in [6.45, 7) is 3.95. The highest BCUT2D eigenvalue weighted by atomic mass is 16.6. The number of hydrogen-bond acceptors (Lipinski definition) is 6. The minimum atomic E-state index is -0.863. The fraction of sp³-hybridized carbons (Fsp3) is 0.480. The first-order valence-electron chi connectivity index (χ1n) is 11.5. The van der Waals surface area contributed by atoms with E-state index in [0.29, 0.717) is 43.4 Å². The zero-order valence-electron chi connectivity index (χ0n) is 19.3. The van der Waals surface area contributed by atoms with E-state index in [4.69, 9.17) is 14.2 Å². The molecule has 0 radical (unpaired) electrons. The van der Waals surface area contributed by atoms with Crippen LogP contribution in [0.4, 0.5) is 4.79 Å². The summed E-state index contributed by atoms with van der Waals surface area (Å²) >= 11 is 0. The van der Waals surface area contributed by atoms with E-state index < -0.39 is 12.1 Å². The first-order valence-corrected chi connectivity index (χ1v) is 11.5. The van der Waals surface area contributed by atoms with Gasteiger partial charge in [0, 0.05) is 20.1 Å². The molecule has 2 aromatic carbocycles. The van der Waals surface area contributed by atoms with Crippen molar-refractivity contribution in [1.82, 2.24) is 15.1 Å². The van der Waals surface area contributed by atoms with Crippen LogP contribution >= 0.6 is 0 Å². The highest BCUT2D eigenvalue weighted by Gasteiger charge is 2.31. The van der Waals surface area contributed by atoms with Gasteiger partial charge in [-0.15, -0.1) is 0 Å². The first kappa shape index (κ1) is 23.2. The molecule has 0 aliphatic carbocycles. The van der Waals surface area contributed by atoms with Crippen molar-refractivity contribution in [3.8, 4) is 17.2 Å². The van der Waals surface area contributed by atoms with Crippen molar-refractivity contribution in [3.05, 3.63) is 53.6 Å². The number of fused-ring (bicyclic) bond motifs is 1. The maximum absolute atomic E-state index is 13.0. The number of ether oxygens (including phenoxy) is 3. The summed E-state index contributed by atoms with van der Waals surface area (Å²) in [7, 11) is 3.37. The van der Waals surface area contributed by atoms with Crippen molar-refractivity contribution in [3.63, 3.8) is 0 Å². The molecule has 2 unspecified atom stereocenters. The van der Waals surface area contributed by atoms with E-state index in [1.54, 1.807) is 19.1 Å². The second-order valence-corrected chi connectivity index (χ2v) is 8.54. The normalized spacial score (nSPS) is 17.3. The fourth-order valence-electron chi connectivity index (χ4n) is 4.33. The van der Waals surface area contributed by atoms with Gasteiger partial charge in [-0.1, -0.05) is 18.2 Å². The second kappa shape index (κ2) is 10.8. The van der Waals surface area contributed by atoms with Gasteiger partial charge < -0.3 is 34.4 Å². The number of urea groups is 1. The van der Waals surface area contributed by atoms with E-state index in [9.17, 15) is 9.90 Å². The lowest BCUT2D eigenvalue weighted by molar-refractivity contribution is 0.0569. The zero-order chi connectivity index (χ0) is 23.2. The third-order valence-electron chi connectivity index (χ3n) is 6.34. The molecular weight excluding hydrogens is 422 g/mol. The topological polar surface area (TPSA) is 83.5 Å². The number of nitrogens with one attached hydrogen (secondary N) is 1. The van der Waals surface area contributed by atoms with Crippen LogP contribution in [0.3, 0.4) is 0 Å².